The predicted octanol–water partition coefficient (Wildman–Crippen LogP) is 7.01. The van der Waals surface area contributed by atoms with Gasteiger partial charge in [0.1, 0.15) is 0 Å². The maximum atomic E-state index is 2.55. The highest BCUT2D eigenvalue weighted by molar-refractivity contribution is 5.86. The van der Waals surface area contributed by atoms with Gasteiger partial charge in [-0.25, -0.2) is 0 Å². The van der Waals surface area contributed by atoms with Crippen molar-refractivity contribution >= 4 is 10.8 Å². The molecule has 1 aliphatic rings. The minimum Gasteiger partial charge on any atom is -0.0654 e. The van der Waals surface area contributed by atoms with E-state index in [0.29, 0.717) is 0 Å². The van der Waals surface area contributed by atoms with Crippen molar-refractivity contribution in [2.24, 2.45) is 0 Å². The lowest BCUT2D eigenvalue weighted by Gasteiger charge is -2.23. The molecule has 0 N–H and O–H groups in total. The van der Waals surface area contributed by atoms with Crippen LogP contribution in [-0.2, 0) is 6.42 Å². The van der Waals surface area contributed by atoms with Crippen LogP contribution in [0.4, 0.5) is 0 Å². The van der Waals surface area contributed by atoms with Gasteiger partial charge in [0.2, 0.25) is 0 Å². The van der Waals surface area contributed by atoms with Crippen LogP contribution in [0.2, 0.25) is 0 Å². The molecule has 2 aromatic carbocycles. The number of rotatable bonds is 6. The number of unbranched alkanes of at least 4 members (excludes halogenated alkanes) is 3. The van der Waals surface area contributed by atoms with Gasteiger partial charge in [0.15, 0.2) is 0 Å². The first kappa shape index (κ1) is 15.6. The van der Waals surface area contributed by atoms with Gasteiger partial charge in [-0.3, -0.25) is 0 Å². The van der Waals surface area contributed by atoms with Crippen molar-refractivity contribution in [1.29, 1.82) is 0 Å². The summed E-state index contributed by atoms with van der Waals surface area (Å²) in [5.41, 5.74) is 3.21. The smallest absolute Gasteiger partial charge is 0.0152 e. The van der Waals surface area contributed by atoms with E-state index in [2.05, 4.69) is 43.3 Å². The fourth-order valence-corrected chi connectivity index (χ4v) is 4.04. The van der Waals surface area contributed by atoms with Gasteiger partial charge in [0.05, 0.1) is 0 Å². The van der Waals surface area contributed by atoms with Crippen molar-refractivity contribution in [2.75, 3.05) is 0 Å². The lowest BCUT2D eigenvalue weighted by Crippen LogP contribution is -2.05. The summed E-state index contributed by atoms with van der Waals surface area (Å²) in [4.78, 5) is 0. The first-order chi connectivity index (χ1) is 10.9. The fourth-order valence-electron chi connectivity index (χ4n) is 4.04. The van der Waals surface area contributed by atoms with Gasteiger partial charge in [-0.15, -0.1) is 0 Å². The molecule has 0 aromatic heterocycles. The molecular weight excluding hydrogens is 264 g/mol. The maximum Gasteiger partial charge on any atom is -0.0152 e. The summed E-state index contributed by atoms with van der Waals surface area (Å²) >= 11 is 0. The number of hydrogen-bond donors (Lipinski definition) is 0. The minimum absolute atomic E-state index is 0.813. The van der Waals surface area contributed by atoms with Gasteiger partial charge in [0.25, 0.3) is 0 Å². The second-order valence-electron chi connectivity index (χ2n) is 7.05. The van der Waals surface area contributed by atoms with E-state index in [0.717, 1.165) is 5.92 Å². The van der Waals surface area contributed by atoms with Gasteiger partial charge in [-0.2, -0.15) is 0 Å². The lowest BCUT2D eigenvalue weighted by molar-refractivity contribution is 0.443. The fraction of sp³-hybridized carbons (Fsp3) is 0.545. The van der Waals surface area contributed by atoms with E-state index in [9.17, 15) is 0 Å². The molecule has 0 spiro atoms. The zero-order valence-electron chi connectivity index (χ0n) is 14.1. The van der Waals surface area contributed by atoms with E-state index in [1.165, 1.54) is 75.0 Å². The van der Waals surface area contributed by atoms with Crippen LogP contribution in [-0.4, -0.2) is 0 Å². The zero-order valence-corrected chi connectivity index (χ0v) is 14.1. The molecular formula is C22H30. The highest BCUT2D eigenvalue weighted by Crippen LogP contribution is 2.35. The van der Waals surface area contributed by atoms with Crippen molar-refractivity contribution in [3.63, 3.8) is 0 Å². The second kappa shape index (κ2) is 7.81. The SMILES string of the molecule is CCCCCCc1cc(C2CCCCC2)cc2ccccc12. The summed E-state index contributed by atoms with van der Waals surface area (Å²) in [6, 6.07) is 14.0. The molecule has 1 aliphatic carbocycles. The van der Waals surface area contributed by atoms with Crippen molar-refractivity contribution in [3.05, 3.63) is 47.5 Å². The largest absolute Gasteiger partial charge is 0.0654 e. The summed E-state index contributed by atoms with van der Waals surface area (Å²) in [6.45, 7) is 2.29. The summed E-state index contributed by atoms with van der Waals surface area (Å²) in [7, 11) is 0. The Balaban J connectivity index is 1.86. The van der Waals surface area contributed by atoms with Crippen LogP contribution in [0.15, 0.2) is 36.4 Å². The number of benzene rings is 2. The van der Waals surface area contributed by atoms with Gasteiger partial charge < -0.3 is 0 Å². The first-order valence-electron chi connectivity index (χ1n) is 9.40. The zero-order chi connectivity index (χ0) is 15.2. The molecule has 0 saturated heterocycles. The third-order valence-corrected chi connectivity index (χ3v) is 5.35. The van der Waals surface area contributed by atoms with Crippen LogP contribution < -0.4 is 0 Å². The Hall–Kier alpha value is -1.30. The lowest BCUT2D eigenvalue weighted by atomic mass is 9.82. The second-order valence-corrected chi connectivity index (χ2v) is 7.05. The van der Waals surface area contributed by atoms with Gasteiger partial charge >= 0.3 is 0 Å². The molecule has 0 heterocycles. The molecule has 0 radical (unpaired) electrons. The highest BCUT2D eigenvalue weighted by atomic mass is 14.2. The average Bonchev–Trinajstić information content (AvgIpc) is 2.59. The Morgan fingerprint density at radius 1 is 0.909 bits per heavy atom. The summed E-state index contributed by atoms with van der Waals surface area (Å²) < 4.78 is 0. The minimum atomic E-state index is 0.813. The van der Waals surface area contributed by atoms with Gasteiger partial charge in [0, 0.05) is 0 Å². The van der Waals surface area contributed by atoms with Crippen LogP contribution in [0.5, 0.6) is 0 Å². The third-order valence-electron chi connectivity index (χ3n) is 5.35. The van der Waals surface area contributed by atoms with E-state index in [1.54, 1.807) is 11.1 Å². The topological polar surface area (TPSA) is 0 Å². The molecule has 0 nitrogen and oxygen atoms in total. The van der Waals surface area contributed by atoms with Crippen LogP contribution >= 0.6 is 0 Å². The molecule has 0 amide bonds. The Labute approximate surface area is 135 Å². The molecule has 0 unspecified atom stereocenters. The quantitative estimate of drug-likeness (QED) is 0.503. The number of fused-ring (bicyclic) bond motifs is 1. The predicted molar refractivity (Wildman–Crippen MR) is 97.6 cm³/mol. The Bertz CT molecular complexity index is 590. The highest BCUT2D eigenvalue weighted by Gasteiger charge is 2.17. The normalized spacial score (nSPS) is 16.2. The molecule has 0 aliphatic heterocycles. The van der Waals surface area contributed by atoms with Gasteiger partial charge in [-0.1, -0.05) is 81.8 Å². The molecule has 2 aromatic rings. The number of hydrogen-bond acceptors (Lipinski definition) is 0. The summed E-state index contributed by atoms with van der Waals surface area (Å²) in [5, 5.41) is 2.94. The van der Waals surface area contributed by atoms with Crippen molar-refractivity contribution < 1.29 is 0 Å². The molecule has 0 bridgehead atoms. The van der Waals surface area contributed by atoms with E-state index in [4.69, 9.17) is 0 Å². The van der Waals surface area contributed by atoms with Crippen molar-refractivity contribution in [1.82, 2.24) is 0 Å². The van der Waals surface area contributed by atoms with Crippen molar-refractivity contribution in [3.8, 4) is 0 Å². The molecule has 3 rings (SSSR count). The van der Waals surface area contributed by atoms with E-state index in [-0.39, 0.29) is 0 Å². The third kappa shape index (κ3) is 3.72. The van der Waals surface area contributed by atoms with E-state index < -0.39 is 0 Å². The van der Waals surface area contributed by atoms with Gasteiger partial charge in [-0.05, 0) is 53.5 Å². The Morgan fingerprint density at radius 3 is 2.55 bits per heavy atom. The maximum absolute atomic E-state index is 2.55. The van der Waals surface area contributed by atoms with Crippen molar-refractivity contribution in [2.45, 2.75) is 77.0 Å². The molecule has 1 fully saturated rings. The van der Waals surface area contributed by atoms with Crippen LogP contribution in [0.25, 0.3) is 10.8 Å². The monoisotopic (exact) mass is 294 g/mol. The molecule has 0 heteroatoms. The summed E-state index contributed by atoms with van der Waals surface area (Å²) in [5.74, 6) is 0.813. The standard InChI is InChI=1S/C22H30/c1-2-3-4-6-13-19-16-21(18-11-7-5-8-12-18)17-20-14-9-10-15-22(19)20/h9-10,14-18H,2-8,11-13H2,1H3. The molecule has 0 atom stereocenters. The average molecular weight is 294 g/mol. The molecule has 1 saturated carbocycles. The molecule has 118 valence electrons. The van der Waals surface area contributed by atoms with E-state index >= 15 is 0 Å². The van der Waals surface area contributed by atoms with Crippen LogP contribution in [0.3, 0.4) is 0 Å². The summed E-state index contributed by atoms with van der Waals surface area (Å²) in [6.07, 6.45) is 13.7. The van der Waals surface area contributed by atoms with Crippen LogP contribution in [0.1, 0.15) is 81.8 Å². The Morgan fingerprint density at radius 2 is 1.73 bits per heavy atom. The first-order valence-corrected chi connectivity index (χ1v) is 9.40. The Kier molecular flexibility index (Phi) is 5.53. The van der Waals surface area contributed by atoms with E-state index in [1.807, 2.05) is 0 Å². The van der Waals surface area contributed by atoms with Crippen LogP contribution in [0, 0.1) is 0 Å². The molecule has 22 heavy (non-hydrogen) atoms. The number of aryl methyl sites for hydroxylation is 1.